The molecule has 0 aromatic heterocycles. The van der Waals surface area contributed by atoms with Gasteiger partial charge in [-0.1, -0.05) is 15.9 Å². The molecule has 100 valence electrons. The van der Waals surface area contributed by atoms with E-state index >= 15 is 0 Å². The molecule has 1 aliphatic heterocycles. The summed E-state index contributed by atoms with van der Waals surface area (Å²) in [6.45, 7) is 1.51. The molecule has 1 unspecified atom stereocenters. The van der Waals surface area contributed by atoms with Crippen molar-refractivity contribution in [1.82, 2.24) is 0 Å². The number of Topliss-reactive ketones (excluding diaryl/α,β-unsaturated/α-hetero) is 1. The SMILES string of the molecule is CCOC(=O)C(F)N1C(=O)C(=O)c2ccc(Br)cc21. The van der Waals surface area contributed by atoms with Gasteiger partial charge in [-0.05, 0) is 25.1 Å². The highest BCUT2D eigenvalue weighted by Gasteiger charge is 2.43. The van der Waals surface area contributed by atoms with Gasteiger partial charge >= 0.3 is 11.9 Å². The lowest BCUT2D eigenvalue weighted by atomic mass is 10.1. The number of ketones is 1. The van der Waals surface area contributed by atoms with E-state index in [9.17, 15) is 18.8 Å². The lowest BCUT2D eigenvalue weighted by Gasteiger charge is -2.19. The number of hydrogen-bond donors (Lipinski definition) is 0. The van der Waals surface area contributed by atoms with Crippen molar-refractivity contribution in [2.45, 2.75) is 13.2 Å². The highest BCUT2D eigenvalue weighted by atomic mass is 79.9. The number of hydrogen-bond acceptors (Lipinski definition) is 4. The third-order valence-electron chi connectivity index (χ3n) is 2.58. The fraction of sp³-hybridized carbons (Fsp3) is 0.250. The Morgan fingerprint density at radius 1 is 1.47 bits per heavy atom. The summed E-state index contributed by atoms with van der Waals surface area (Å²) in [6, 6.07) is 4.37. The number of fused-ring (bicyclic) bond motifs is 1. The van der Waals surface area contributed by atoms with Crippen LogP contribution in [0.3, 0.4) is 0 Å². The van der Waals surface area contributed by atoms with Crippen LogP contribution in [0, 0.1) is 0 Å². The second-order valence-electron chi connectivity index (χ2n) is 3.75. The highest BCUT2D eigenvalue weighted by molar-refractivity contribution is 9.10. The molecular formula is C12H9BrFNO4. The molecule has 1 aromatic carbocycles. The van der Waals surface area contributed by atoms with Crippen LogP contribution in [0.5, 0.6) is 0 Å². The van der Waals surface area contributed by atoms with E-state index in [4.69, 9.17) is 0 Å². The molecule has 0 saturated heterocycles. The number of alkyl halides is 1. The van der Waals surface area contributed by atoms with Crippen molar-refractivity contribution in [1.29, 1.82) is 0 Å². The molecule has 0 radical (unpaired) electrons. The molecule has 1 heterocycles. The van der Waals surface area contributed by atoms with Crippen LogP contribution in [0.4, 0.5) is 10.1 Å². The average Bonchev–Trinajstić information content (AvgIpc) is 2.61. The molecule has 19 heavy (non-hydrogen) atoms. The number of carbonyl (C=O) groups excluding carboxylic acids is 3. The van der Waals surface area contributed by atoms with Crippen molar-refractivity contribution >= 4 is 39.3 Å². The monoisotopic (exact) mass is 329 g/mol. The smallest absolute Gasteiger partial charge is 0.362 e. The highest BCUT2D eigenvalue weighted by Crippen LogP contribution is 2.33. The number of ether oxygens (including phenoxy) is 1. The average molecular weight is 330 g/mol. The number of amides is 1. The summed E-state index contributed by atoms with van der Waals surface area (Å²) in [5, 5.41) is 0. The standard InChI is InChI=1S/C12H9BrFNO4/c1-2-19-12(18)10(14)15-8-5-6(13)3-4-7(8)9(16)11(15)17/h3-5,10H,2H2,1H3. The molecule has 1 amide bonds. The van der Waals surface area contributed by atoms with Gasteiger partial charge in [0.25, 0.3) is 12.1 Å². The van der Waals surface area contributed by atoms with Crippen molar-refractivity contribution < 1.29 is 23.5 Å². The van der Waals surface area contributed by atoms with Crippen LogP contribution in [0.1, 0.15) is 17.3 Å². The zero-order chi connectivity index (χ0) is 14.2. The van der Waals surface area contributed by atoms with Crippen LogP contribution in [0.15, 0.2) is 22.7 Å². The van der Waals surface area contributed by atoms with E-state index < -0.39 is 24.0 Å². The van der Waals surface area contributed by atoms with Crippen LogP contribution in [0.25, 0.3) is 0 Å². The topological polar surface area (TPSA) is 63.7 Å². The Bertz CT molecular complexity index is 575. The fourth-order valence-corrected chi connectivity index (χ4v) is 2.12. The van der Waals surface area contributed by atoms with Gasteiger partial charge in [-0.2, -0.15) is 0 Å². The molecule has 0 aliphatic carbocycles. The summed E-state index contributed by atoms with van der Waals surface area (Å²) < 4.78 is 19.1. The normalized spacial score (nSPS) is 15.4. The third kappa shape index (κ3) is 2.25. The number of nitrogens with zero attached hydrogens (tertiary/aromatic N) is 1. The van der Waals surface area contributed by atoms with Gasteiger partial charge in [0, 0.05) is 4.47 Å². The molecule has 0 bridgehead atoms. The largest absolute Gasteiger partial charge is 0.462 e. The summed E-state index contributed by atoms with van der Waals surface area (Å²) >= 11 is 3.16. The van der Waals surface area contributed by atoms with Crippen LogP contribution in [-0.4, -0.2) is 30.6 Å². The maximum atomic E-state index is 14.0. The molecule has 1 aromatic rings. The van der Waals surface area contributed by atoms with E-state index in [-0.39, 0.29) is 17.9 Å². The molecule has 0 spiro atoms. The van der Waals surface area contributed by atoms with Crippen LogP contribution >= 0.6 is 15.9 Å². The molecule has 0 N–H and O–H groups in total. The Morgan fingerprint density at radius 3 is 2.79 bits per heavy atom. The second-order valence-corrected chi connectivity index (χ2v) is 4.67. The molecule has 0 fully saturated rings. The molecule has 1 aliphatic rings. The van der Waals surface area contributed by atoms with Crippen molar-refractivity contribution in [3.63, 3.8) is 0 Å². The van der Waals surface area contributed by atoms with Gasteiger partial charge in [-0.3, -0.25) is 14.5 Å². The third-order valence-corrected chi connectivity index (χ3v) is 3.08. The van der Waals surface area contributed by atoms with E-state index in [1.807, 2.05) is 0 Å². The lowest BCUT2D eigenvalue weighted by Crippen LogP contribution is -2.42. The Morgan fingerprint density at radius 2 is 2.16 bits per heavy atom. The van der Waals surface area contributed by atoms with Crippen molar-refractivity contribution in [3.8, 4) is 0 Å². The number of anilines is 1. The van der Waals surface area contributed by atoms with Gasteiger partial charge < -0.3 is 4.74 Å². The maximum absolute atomic E-state index is 14.0. The summed E-state index contributed by atoms with van der Waals surface area (Å²) in [5.74, 6) is -3.11. The molecule has 0 saturated carbocycles. The number of benzene rings is 1. The first kappa shape index (κ1) is 13.7. The predicted octanol–water partition coefficient (Wildman–Crippen LogP) is 1.84. The summed E-state index contributed by atoms with van der Waals surface area (Å²) in [4.78, 5) is 35.3. The van der Waals surface area contributed by atoms with Gasteiger partial charge in [-0.25, -0.2) is 9.18 Å². The summed E-state index contributed by atoms with van der Waals surface area (Å²) in [6.07, 6.45) is -2.33. The minimum atomic E-state index is -2.33. The van der Waals surface area contributed by atoms with Crippen molar-refractivity contribution in [3.05, 3.63) is 28.2 Å². The number of esters is 1. The first-order valence-electron chi connectivity index (χ1n) is 5.45. The van der Waals surface area contributed by atoms with E-state index in [2.05, 4.69) is 20.7 Å². The molecular weight excluding hydrogens is 321 g/mol. The summed E-state index contributed by atoms with van der Waals surface area (Å²) in [5.41, 5.74) is 0.130. The Hall–Kier alpha value is -1.76. The number of rotatable bonds is 3. The predicted molar refractivity (Wildman–Crippen MR) is 67.5 cm³/mol. The molecule has 2 rings (SSSR count). The Balaban J connectivity index is 2.42. The van der Waals surface area contributed by atoms with Gasteiger partial charge in [0.15, 0.2) is 0 Å². The number of carbonyl (C=O) groups is 3. The Kier molecular flexibility index (Phi) is 3.66. The van der Waals surface area contributed by atoms with Crippen LogP contribution in [-0.2, 0) is 14.3 Å². The van der Waals surface area contributed by atoms with Crippen LogP contribution in [0.2, 0.25) is 0 Å². The van der Waals surface area contributed by atoms with Gasteiger partial charge in [0.1, 0.15) is 0 Å². The second kappa shape index (κ2) is 5.08. The Labute approximate surface area is 116 Å². The summed E-state index contributed by atoms with van der Waals surface area (Å²) in [7, 11) is 0. The molecule has 5 nitrogen and oxygen atoms in total. The van der Waals surface area contributed by atoms with E-state index in [1.165, 1.54) is 19.1 Å². The molecule has 7 heteroatoms. The zero-order valence-electron chi connectivity index (χ0n) is 9.85. The minimum absolute atomic E-state index is 0.0133. The van der Waals surface area contributed by atoms with Crippen molar-refractivity contribution in [2.75, 3.05) is 11.5 Å². The first-order valence-corrected chi connectivity index (χ1v) is 6.24. The van der Waals surface area contributed by atoms with Crippen LogP contribution < -0.4 is 4.90 Å². The number of halogens is 2. The van der Waals surface area contributed by atoms with E-state index in [0.29, 0.717) is 9.37 Å². The van der Waals surface area contributed by atoms with E-state index in [1.54, 1.807) is 6.07 Å². The molecule has 1 atom stereocenters. The van der Waals surface area contributed by atoms with Gasteiger partial charge in [-0.15, -0.1) is 0 Å². The van der Waals surface area contributed by atoms with Gasteiger partial charge in [0.2, 0.25) is 0 Å². The maximum Gasteiger partial charge on any atom is 0.362 e. The quantitative estimate of drug-likeness (QED) is 0.482. The first-order chi connectivity index (χ1) is 8.97. The zero-order valence-corrected chi connectivity index (χ0v) is 11.4. The van der Waals surface area contributed by atoms with E-state index in [0.717, 1.165) is 0 Å². The minimum Gasteiger partial charge on any atom is -0.462 e. The van der Waals surface area contributed by atoms with Gasteiger partial charge in [0.05, 0.1) is 17.9 Å². The fourth-order valence-electron chi connectivity index (χ4n) is 1.77. The van der Waals surface area contributed by atoms with Crippen molar-refractivity contribution in [2.24, 2.45) is 0 Å². The lowest BCUT2D eigenvalue weighted by molar-refractivity contribution is -0.150.